The van der Waals surface area contributed by atoms with Crippen LogP contribution in [0.3, 0.4) is 0 Å². The molecule has 31 heavy (non-hydrogen) atoms. The number of hydrogen-bond acceptors (Lipinski definition) is 8. The van der Waals surface area contributed by atoms with Gasteiger partial charge in [-0.1, -0.05) is 41.7 Å². The first-order valence-electron chi connectivity index (χ1n) is 9.53. The molecule has 0 aliphatic carbocycles. The van der Waals surface area contributed by atoms with Crippen molar-refractivity contribution in [3.05, 3.63) is 76.3 Å². The molecule has 5 rings (SSSR count). The highest BCUT2D eigenvalue weighted by Crippen LogP contribution is 2.30. The van der Waals surface area contributed by atoms with Crippen molar-refractivity contribution in [3.8, 4) is 10.6 Å². The molecular weight excluding hydrogens is 432 g/mol. The van der Waals surface area contributed by atoms with Gasteiger partial charge in [0, 0.05) is 41.2 Å². The van der Waals surface area contributed by atoms with Crippen LogP contribution in [-0.2, 0) is 13.0 Å². The third-order valence-electron chi connectivity index (χ3n) is 4.78. The van der Waals surface area contributed by atoms with Crippen LogP contribution in [0.1, 0.15) is 31.5 Å². The number of anilines is 1. The van der Waals surface area contributed by atoms with Crippen LogP contribution in [0, 0.1) is 0 Å². The van der Waals surface area contributed by atoms with Gasteiger partial charge in [0.15, 0.2) is 5.13 Å². The third kappa shape index (κ3) is 4.07. The van der Waals surface area contributed by atoms with Crippen molar-refractivity contribution >= 4 is 39.6 Å². The molecule has 1 aliphatic heterocycles. The highest BCUT2D eigenvalue weighted by atomic mass is 32.1. The van der Waals surface area contributed by atoms with Crippen molar-refractivity contribution in [1.82, 2.24) is 24.8 Å². The summed E-state index contributed by atoms with van der Waals surface area (Å²) in [5, 5.41) is 5.89. The molecule has 4 aromatic rings. The zero-order valence-electron chi connectivity index (χ0n) is 16.2. The normalized spacial score (nSPS) is 13.0. The van der Waals surface area contributed by atoms with Crippen molar-refractivity contribution < 1.29 is 9.59 Å². The van der Waals surface area contributed by atoms with E-state index in [-0.39, 0.29) is 17.5 Å². The van der Waals surface area contributed by atoms with E-state index in [4.69, 9.17) is 0 Å². The van der Waals surface area contributed by atoms with Crippen molar-refractivity contribution in [2.45, 2.75) is 13.0 Å². The van der Waals surface area contributed by atoms with Gasteiger partial charge in [0.25, 0.3) is 11.8 Å². The summed E-state index contributed by atoms with van der Waals surface area (Å²) in [6.07, 6.45) is 5.01. The predicted molar refractivity (Wildman–Crippen MR) is 118 cm³/mol. The molecular formula is C21H16N6O2S2. The van der Waals surface area contributed by atoms with E-state index in [1.165, 1.54) is 41.3 Å². The largest absolute Gasteiger partial charge is 0.332 e. The SMILES string of the molecule is O=C(Nc1nc2c(s1)CN(C(=O)c1csc(-c3ccccc3)n1)CC2)c1cnccn1. The zero-order chi connectivity index (χ0) is 21.2. The van der Waals surface area contributed by atoms with E-state index in [1.807, 2.05) is 30.3 Å². The fourth-order valence-electron chi connectivity index (χ4n) is 3.25. The number of aromatic nitrogens is 4. The molecule has 1 N–H and O–H groups in total. The van der Waals surface area contributed by atoms with Gasteiger partial charge in [-0.05, 0) is 0 Å². The van der Waals surface area contributed by atoms with Crippen molar-refractivity contribution in [1.29, 1.82) is 0 Å². The molecule has 0 saturated carbocycles. The summed E-state index contributed by atoms with van der Waals surface area (Å²) in [6.45, 7) is 1.01. The van der Waals surface area contributed by atoms with Crippen LogP contribution in [0.15, 0.2) is 54.3 Å². The average molecular weight is 449 g/mol. The summed E-state index contributed by atoms with van der Waals surface area (Å²) in [5.74, 6) is -0.453. The molecule has 3 aromatic heterocycles. The molecule has 0 fully saturated rings. The first kappa shape index (κ1) is 19.5. The molecule has 0 saturated heterocycles. The lowest BCUT2D eigenvalue weighted by Gasteiger charge is -2.25. The number of benzene rings is 1. The lowest BCUT2D eigenvalue weighted by molar-refractivity contribution is 0.0731. The Morgan fingerprint density at radius 1 is 1.06 bits per heavy atom. The highest BCUT2D eigenvalue weighted by Gasteiger charge is 2.27. The number of carbonyl (C=O) groups excluding carboxylic acids is 2. The number of nitrogens with one attached hydrogen (secondary N) is 1. The van der Waals surface area contributed by atoms with E-state index in [2.05, 4.69) is 25.3 Å². The molecule has 2 amide bonds. The predicted octanol–water partition coefficient (Wildman–Crippen LogP) is 3.51. The standard InChI is InChI=1S/C21H16N6O2S2/c28-18(15-10-22-7-8-23-15)26-21-25-14-6-9-27(11-17(14)31-21)20(29)16-12-30-19(24-16)13-4-2-1-3-5-13/h1-5,7-8,10,12H,6,9,11H2,(H,25,26,28). The number of hydrogen-bond donors (Lipinski definition) is 1. The van der Waals surface area contributed by atoms with Crippen LogP contribution in [-0.4, -0.2) is 43.2 Å². The lowest BCUT2D eigenvalue weighted by atomic mass is 10.1. The smallest absolute Gasteiger partial charge is 0.277 e. The van der Waals surface area contributed by atoms with Gasteiger partial charge in [0.05, 0.1) is 18.4 Å². The molecule has 0 atom stereocenters. The molecule has 1 aliphatic rings. The van der Waals surface area contributed by atoms with Crippen molar-refractivity contribution in [3.63, 3.8) is 0 Å². The molecule has 1 aromatic carbocycles. The monoisotopic (exact) mass is 448 g/mol. The van der Waals surface area contributed by atoms with Gasteiger partial charge in [0.2, 0.25) is 0 Å². The Morgan fingerprint density at radius 2 is 1.94 bits per heavy atom. The molecule has 0 bridgehead atoms. The van der Waals surface area contributed by atoms with Crippen molar-refractivity contribution in [2.75, 3.05) is 11.9 Å². The summed E-state index contributed by atoms with van der Waals surface area (Å²) in [5.41, 5.74) is 2.59. The number of fused-ring (bicyclic) bond motifs is 1. The Morgan fingerprint density at radius 3 is 2.74 bits per heavy atom. The van der Waals surface area contributed by atoms with E-state index in [9.17, 15) is 9.59 Å². The van der Waals surface area contributed by atoms with Crippen molar-refractivity contribution in [2.24, 2.45) is 0 Å². The Hall–Kier alpha value is -3.50. The molecule has 10 heteroatoms. The lowest BCUT2D eigenvalue weighted by Crippen LogP contribution is -2.35. The number of carbonyl (C=O) groups is 2. The number of amides is 2. The molecule has 154 valence electrons. The first-order chi connectivity index (χ1) is 15.2. The second-order valence-corrected chi connectivity index (χ2v) is 8.76. The first-order valence-corrected chi connectivity index (χ1v) is 11.2. The Balaban J connectivity index is 1.28. The zero-order valence-corrected chi connectivity index (χ0v) is 17.8. The van der Waals surface area contributed by atoms with Gasteiger partial charge >= 0.3 is 0 Å². The second kappa shape index (κ2) is 8.32. The van der Waals surface area contributed by atoms with E-state index >= 15 is 0 Å². The van der Waals surface area contributed by atoms with Crippen LogP contribution < -0.4 is 5.32 Å². The minimum Gasteiger partial charge on any atom is -0.332 e. The summed E-state index contributed by atoms with van der Waals surface area (Å²) in [4.78, 5) is 45.0. The minimum absolute atomic E-state index is 0.0948. The molecule has 0 radical (unpaired) electrons. The molecule has 0 spiro atoms. The van der Waals surface area contributed by atoms with E-state index < -0.39 is 0 Å². The average Bonchev–Trinajstić information content (AvgIpc) is 3.46. The van der Waals surface area contributed by atoms with E-state index in [0.29, 0.717) is 30.3 Å². The third-order valence-corrected chi connectivity index (χ3v) is 6.67. The quantitative estimate of drug-likeness (QED) is 0.513. The Kier molecular flexibility index (Phi) is 5.23. The van der Waals surface area contributed by atoms with E-state index in [1.54, 1.807) is 10.3 Å². The molecule has 0 unspecified atom stereocenters. The number of nitrogens with zero attached hydrogens (tertiary/aromatic N) is 5. The molecule has 8 nitrogen and oxygen atoms in total. The van der Waals surface area contributed by atoms with Crippen LogP contribution >= 0.6 is 22.7 Å². The topological polar surface area (TPSA) is 101 Å². The van der Waals surface area contributed by atoms with Crippen LogP contribution in [0.4, 0.5) is 5.13 Å². The molecule has 4 heterocycles. The summed E-state index contributed by atoms with van der Waals surface area (Å²) < 4.78 is 0. The summed E-state index contributed by atoms with van der Waals surface area (Å²) in [6, 6.07) is 9.82. The van der Waals surface area contributed by atoms with Gasteiger partial charge < -0.3 is 4.90 Å². The maximum absolute atomic E-state index is 13.0. The second-order valence-electron chi connectivity index (χ2n) is 6.81. The summed E-state index contributed by atoms with van der Waals surface area (Å²) in [7, 11) is 0. The van der Waals surface area contributed by atoms with Gasteiger partial charge in [-0.25, -0.2) is 15.0 Å². The van der Waals surface area contributed by atoms with Crippen LogP contribution in [0.5, 0.6) is 0 Å². The number of rotatable bonds is 4. The van der Waals surface area contributed by atoms with Gasteiger partial charge in [-0.2, -0.15) is 0 Å². The van der Waals surface area contributed by atoms with Gasteiger partial charge in [0.1, 0.15) is 16.4 Å². The highest BCUT2D eigenvalue weighted by molar-refractivity contribution is 7.16. The fourth-order valence-corrected chi connectivity index (χ4v) is 5.07. The summed E-state index contributed by atoms with van der Waals surface area (Å²) >= 11 is 2.84. The van der Waals surface area contributed by atoms with Gasteiger partial charge in [-0.15, -0.1) is 11.3 Å². The maximum Gasteiger partial charge on any atom is 0.277 e. The fraction of sp³-hybridized carbons (Fsp3) is 0.143. The Bertz CT molecular complexity index is 1240. The van der Waals surface area contributed by atoms with E-state index in [0.717, 1.165) is 21.1 Å². The maximum atomic E-state index is 13.0. The van der Waals surface area contributed by atoms with Gasteiger partial charge in [-0.3, -0.25) is 19.9 Å². The minimum atomic E-state index is -0.358. The van der Waals surface area contributed by atoms with Crippen LogP contribution in [0.2, 0.25) is 0 Å². The van der Waals surface area contributed by atoms with Crippen LogP contribution in [0.25, 0.3) is 10.6 Å². The number of thiazole rings is 2. The Labute approximate surface area is 185 Å².